The molecular formula is C15H15Br2N3O. The van der Waals surface area contributed by atoms with Crippen molar-refractivity contribution in [1.29, 1.82) is 0 Å². The molecule has 4 N–H and O–H groups in total. The summed E-state index contributed by atoms with van der Waals surface area (Å²) in [5.41, 5.74) is 7.83. The molecule has 0 saturated heterocycles. The highest BCUT2D eigenvalue weighted by atomic mass is 79.9. The molecule has 2 aromatic rings. The summed E-state index contributed by atoms with van der Waals surface area (Å²) in [6.07, 6.45) is 0. The van der Waals surface area contributed by atoms with E-state index in [-0.39, 0.29) is 6.04 Å². The Labute approximate surface area is 140 Å². The molecule has 2 aromatic carbocycles. The molecule has 21 heavy (non-hydrogen) atoms. The Balaban J connectivity index is 2.15. The number of primary amides is 1. The summed E-state index contributed by atoms with van der Waals surface area (Å²) in [6, 6.07) is 13.0. The lowest BCUT2D eigenvalue weighted by Crippen LogP contribution is -2.19. The molecule has 0 aliphatic heterocycles. The SMILES string of the molecule is CC(Nc1cccc(NC(N)=O)c1)c1ccc(Br)cc1Br. The number of hydrogen-bond acceptors (Lipinski definition) is 2. The van der Waals surface area contributed by atoms with E-state index in [4.69, 9.17) is 5.73 Å². The molecule has 2 rings (SSSR count). The van der Waals surface area contributed by atoms with Crippen molar-refractivity contribution in [1.82, 2.24) is 0 Å². The van der Waals surface area contributed by atoms with E-state index >= 15 is 0 Å². The zero-order valence-corrected chi connectivity index (χ0v) is 14.5. The standard InChI is InChI=1S/C15H15Br2N3O/c1-9(13-6-5-10(16)7-14(13)17)19-11-3-2-4-12(8-11)20-15(18)21/h2-9,19H,1H3,(H3,18,20,21). The molecule has 2 amide bonds. The lowest BCUT2D eigenvalue weighted by atomic mass is 10.1. The Bertz CT molecular complexity index is 661. The zero-order valence-electron chi connectivity index (χ0n) is 11.4. The molecule has 0 saturated carbocycles. The van der Waals surface area contributed by atoms with Gasteiger partial charge in [-0.3, -0.25) is 0 Å². The van der Waals surface area contributed by atoms with Crippen molar-refractivity contribution in [2.24, 2.45) is 5.73 Å². The van der Waals surface area contributed by atoms with Gasteiger partial charge in [-0.2, -0.15) is 0 Å². The lowest BCUT2D eigenvalue weighted by Gasteiger charge is -2.18. The van der Waals surface area contributed by atoms with Crippen LogP contribution in [0.3, 0.4) is 0 Å². The third-order valence-electron chi connectivity index (χ3n) is 2.94. The predicted octanol–water partition coefficient (Wildman–Crippen LogP) is 4.88. The Morgan fingerprint density at radius 2 is 1.86 bits per heavy atom. The number of carbonyl (C=O) groups excluding carboxylic acids is 1. The second-order valence-corrected chi connectivity index (χ2v) is 6.37. The van der Waals surface area contributed by atoms with Gasteiger partial charge in [0.1, 0.15) is 0 Å². The van der Waals surface area contributed by atoms with Gasteiger partial charge in [0.25, 0.3) is 0 Å². The molecule has 4 nitrogen and oxygen atoms in total. The van der Waals surface area contributed by atoms with Gasteiger partial charge in [0.2, 0.25) is 0 Å². The molecule has 0 fully saturated rings. The van der Waals surface area contributed by atoms with Gasteiger partial charge in [0.05, 0.1) is 0 Å². The largest absolute Gasteiger partial charge is 0.378 e. The number of nitrogens with two attached hydrogens (primary N) is 1. The predicted molar refractivity (Wildman–Crippen MR) is 93.5 cm³/mol. The molecular weight excluding hydrogens is 398 g/mol. The summed E-state index contributed by atoms with van der Waals surface area (Å²) in [7, 11) is 0. The van der Waals surface area contributed by atoms with Crippen LogP contribution in [0.1, 0.15) is 18.5 Å². The van der Waals surface area contributed by atoms with E-state index < -0.39 is 6.03 Å². The number of urea groups is 1. The maximum Gasteiger partial charge on any atom is 0.316 e. The van der Waals surface area contributed by atoms with Crippen molar-refractivity contribution in [3.63, 3.8) is 0 Å². The normalized spacial score (nSPS) is 11.8. The Hall–Kier alpha value is -1.53. The van der Waals surface area contributed by atoms with Crippen molar-refractivity contribution in [2.75, 3.05) is 10.6 Å². The molecule has 0 heterocycles. The minimum Gasteiger partial charge on any atom is -0.378 e. The number of carbonyl (C=O) groups is 1. The summed E-state index contributed by atoms with van der Waals surface area (Å²) in [4.78, 5) is 10.9. The van der Waals surface area contributed by atoms with E-state index in [1.807, 2.05) is 30.3 Å². The summed E-state index contributed by atoms with van der Waals surface area (Å²) in [6.45, 7) is 2.07. The first kappa shape index (κ1) is 15.9. The van der Waals surface area contributed by atoms with Crippen LogP contribution in [-0.2, 0) is 0 Å². The minimum absolute atomic E-state index is 0.108. The van der Waals surface area contributed by atoms with E-state index in [0.29, 0.717) is 5.69 Å². The number of benzene rings is 2. The van der Waals surface area contributed by atoms with E-state index in [1.54, 1.807) is 6.07 Å². The van der Waals surface area contributed by atoms with E-state index in [1.165, 1.54) is 0 Å². The van der Waals surface area contributed by atoms with Gasteiger partial charge in [-0.05, 0) is 42.8 Å². The van der Waals surface area contributed by atoms with E-state index in [9.17, 15) is 4.79 Å². The first-order valence-electron chi connectivity index (χ1n) is 6.33. The van der Waals surface area contributed by atoms with Crippen LogP contribution in [-0.4, -0.2) is 6.03 Å². The Morgan fingerprint density at radius 1 is 1.14 bits per heavy atom. The van der Waals surface area contributed by atoms with Gasteiger partial charge in [-0.1, -0.05) is 44.0 Å². The fraction of sp³-hybridized carbons (Fsp3) is 0.133. The average Bonchev–Trinajstić information content (AvgIpc) is 2.37. The molecule has 0 aliphatic carbocycles. The number of hydrogen-bond donors (Lipinski definition) is 3. The van der Waals surface area contributed by atoms with Crippen molar-refractivity contribution >= 4 is 49.3 Å². The van der Waals surface area contributed by atoms with Crippen LogP contribution in [0.15, 0.2) is 51.4 Å². The monoisotopic (exact) mass is 411 g/mol. The summed E-state index contributed by atoms with van der Waals surface area (Å²) >= 11 is 7.01. The summed E-state index contributed by atoms with van der Waals surface area (Å²) < 4.78 is 2.06. The van der Waals surface area contributed by atoms with Crippen molar-refractivity contribution in [3.05, 3.63) is 57.0 Å². The number of anilines is 2. The molecule has 0 aliphatic rings. The molecule has 0 bridgehead atoms. The molecule has 0 spiro atoms. The second kappa shape index (κ2) is 6.95. The fourth-order valence-electron chi connectivity index (χ4n) is 2.01. The number of rotatable bonds is 4. The summed E-state index contributed by atoms with van der Waals surface area (Å²) in [5.74, 6) is 0. The first-order chi connectivity index (χ1) is 9.95. The Kier molecular flexibility index (Phi) is 5.25. The maximum atomic E-state index is 10.9. The minimum atomic E-state index is -0.573. The van der Waals surface area contributed by atoms with Gasteiger partial charge in [-0.25, -0.2) is 4.79 Å². The molecule has 0 radical (unpaired) electrons. The fourth-order valence-corrected chi connectivity index (χ4v) is 3.40. The highest BCUT2D eigenvalue weighted by Crippen LogP contribution is 2.29. The van der Waals surface area contributed by atoms with Gasteiger partial charge in [-0.15, -0.1) is 0 Å². The van der Waals surface area contributed by atoms with Gasteiger partial charge in [0.15, 0.2) is 0 Å². The van der Waals surface area contributed by atoms with Crippen LogP contribution in [0.25, 0.3) is 0 Å². The van der Waals surface area contributed by atoms with Gasteiger partial charge in [0, 0.05) is 26.4 Å². The maximum absolute atomic E-state index is 10.9. The molecule has 1 unspecified atom stereocenters. The van der Waals surface area contributed by atoms with Crippen LogP contribution in [0.4, 0.5) is 16.2 Å². The van der Waals surface area contributed by atoms with Crippen molar-refractivity contribution < 1.29 is 4.79 Å². The zero-order chi connectivity index (χ0) is 15.4. The Morgan fingerprint density at radius 3 is 2.52 bits per heavy atom. The van der Waals surface area contributed by atoms with E-state index in [2.05, 4.69) is 55.5 Å². The number of nitrogens with one attached hydrogen (secondary N) is 2. The van der Waals surface area contributed by atoms with Crippen LogP contribution in [0.2, 0.25) is 0 Å². The quantitative estimate of drug-likeness (QED) is 0.670. The summed E-state index contributed by atoms with van der Waals surface area (Å²) in [5, 5.41) is 5.96. The van der Waals surface area contributed by atoms with Crippen LogP contribution < -0.4 is 16.4 Å². The average molecular weight is 413 g/mol. The molecule has 6 heteroatoms. The molecule has 0 aromatic heterocycles. The van der Waals surface area contributed by atoms with Crippen LogP contribution in [0, 0.1) is 0 Å². The number of halogens is 2. The molecule has 1 atom stereocenters. The highest BCUT2D eigenvalue weighted by Gasteiger charge is 2.10. The van der Waals surface area contributed by atoms with Crippen LogP contribution >= 0.6 is 31.9 Å². The van der Waals surface area contributed by atoms with Gasteiger partial charge < -0.3 is 16.4 Å². The second-order valence-electron chi connectivity index (χ2n) is 4.60. The number of amides is 2. The topological polar surface area (TPSA) is 67.2 Å². The smallest absolute Gasteiger partial charge is 0.316 e. The van der Waals surface area contributed by atoms with E-state index in [0.717, 1.165) is 20.2 Å². The first-order valence-corrected chi connectivity index (χ1v) is 7.92. The van der Waals surface area contributed by atoms with Crippen LogP contribution in [0.5, 0.6) is 0 Å². The van der Waals surface area contributed by atoms with Crippen molar-refractivity contribution in [2.45, 2.75) is 13.0 Å². The van der Waals surface area contributed by atoms with Gasteiger partial charge >= 0.3 is 6.03 Å². The third kappa shape index (κ3) is 4.47. The highest BCUT2D eigenvalue weighted by molar-refractivity contribution is 9.11. The van der Waals surface area contributed by atoms with Crippen molar-refractivity contribution in [3.8, 4) is 0 Å². The lowest BCUT2D eigenvalue weighted by molar-refractivity contribution is 0.259. The molecule has 110 valence electrons. The third-order valence-corrected chi connectivity index (χ3v) is 4.12.